The summed E-state index contributed by atoms with van der Waals surface area (Å²) in [6.45, 7) is 0. The third-order valence-corrected chi connectivity index (χ3v) is 16.5. The summed E-state index contributed by atoms with van der Waals surface area (Å²) in [4.78, 5) is 20.3. The highest BCUT2D eigenvalue weighted by molar-refractivity contribution is 6.15. The SMILES string of the molecule is C(#Cc1ccccc1)C1=C(C#Cc2ccccc2)c2nc1c(-c1ccccc1)c1[nH]c(c(C#Cc3ccccc3)c1C#Cc1ccccc1)c(-c1ccccc1)c1nc(c(-c3ccccc3)c3[nH]c(c(C#Cc4ccccc4)c3C#Cc3ccccc3)c2-c2ccccc2)C=C1. The van der Waals surface area contributed by atoms with Gasteiger partial charge < -0.3 is 9.97 Å². The van der Waals surface area contributed by atoms with Gasteiger partial charge in [-0.1, -0.05) is 302 Å². The maximum Gasteiger partial charge on any atom is 0.0907 e. The largest absolute Gasteiger partial charge is 0.352 e. The molecular weight excluding hydrogens is 1160 g/mol. The van der Waals surface area contributed by atoms with Crippen molar-refractivity contribution >= 4 is 45.4 Å². The van der Waals surface area contributed by atoms with Crippen molar-refractivity contribution in [1.29, 1.82) is 0 Å². The van der Waals surface area contributed by atoms with Crippen LogP contribution in [0.15, 0.2) is 303 Å². The molecule has 3 aromatic heterocycles. The van der Waals surface area contributed by atoms with Crippen LogP contribution in [0.1, 0.15) is 78.4 Å². The first-order chi connectivity index (χ1) is 47.6. The fourth-order valence-electron chi connectivity index (χ4n) is 12.0. The Morgan fingerprint density at radius 1 is 0.198 bits per heavy atom. The van der Waals surface area contributed by atoms with Crippen molar-refractivity contribution in [3.8, 4) is 116 Å². The van der Waals surface area contributed by atoms with Gasteiger partial charge in [0.25, 0.3) is 0 Å². The zero-order valence-electron chi connectivity index (χ0n) is 51.9. The summed E-state index contributed by atoms with van der Waals surface area (Å²) in [7, 11) is 0. The van der Waals surface area contributed by atoms with E-state index in [1.807, 2.05) is 206 Å². The molecule has 0 radical (unpaired) electrons. The molecule has 442 valence electrons. The number of hydrogen-bond acceptors (Lipinski definition) is 2. The monoisotopic (exact) mass is 1210 g/mol. The smallest absolute Gasteiger partial charge is 0.0907 e. The molecule has 0 saturated heterocycles. The molecule has 96 heavy (non-hydrogen) atoms. The standard InChI is InChI=1S/C92H54N4/c1-11-31-65(32-12-1)51-57-75-77(59-53-67-35-15-3-16-36-67)89-85(73-47-27-9-28-48-73)91-79(61-55-69-39-19-5-20-40-69)80(62-56-70-41-21-6-22-42-70)92(96-91)86(74-49-29-10-30-50-74)90-78(60-54-68-37-17-4-18-38-68)76(58-52-66-33-13-2-14-34-66)88(95-90)84(72-45-25-8-26-46-72)82-64-63-81(93-82)83(87(75)94-89)71-43-23-7-24-44-71/h1-50,63-64,94-95H. The van der Waals surface area contributed by atoms with Gasteiger partial charge in [-0.05, 0) is 107 Å². The normalized spacial score (nSPS) is 11.0. The van der Waals surface area contributed by atoms with Crippen LogP contribution in [0.2, 0.25) is 0 Å². The van der Waals surface area contributed by atoms with Crippen LogP contribution < -0.4 is 0 Å². The minimum absolute atomic E-state index is 0.565. The summed E-state index contributed by atoms with van der Waals surface area (Å²) in [6, 6.07) is 102. The van der Waals surface area contributed by atoms with E-state index >= 15 is 0 Å². The van der Waals surface area contributed by atoms with E-state index < -0.39 is 0 Å². The van der Waals surface area contributed by atoms with Gasteiger partial charge in [-0.25, -0.2) is 9.97 Å². The summed E-state index contributed by atoms with van der Waals surface area (Å²) in [5.74, 6) is 44.4. The Kier molecular flexibility index (Phi) is 16.7. The second kappa shape index (κ2) is 27.3. The maximum atomic E-state index is 6.16. The summed E-state index contributed by atoms with van der Waals surface area (Å²) < 4.78 is 0. The first-order valence-electron chi connectivity index (χ1n) is 31.7. The Balaban J connectivity index is 1.27. The van der Waals surface area contributed by atoms with Crippen LogP contribution >= 0.6 is 0 Å². The highest BCUT2D eigenvalue weighted by Crippen LogP contribution is 2.46. The Bertz CT molecular complexity index is 5410. The van der Waals surface area contributed by atoms with E-state index in [9.17, 15) is 0 Å². The highest BCUT2D eigenvalue weighted by Gasteiger charge is 2.30. The first kappa shape index (κ1) is 58.5. The molecule has 0 atom stereocenters. The molecule has 2 aliphatic heterocycles. The molecule has 0 aliphatic carbocycles. The molecular formula is C92H54N4. The van der Waals surface area contributed by atoms with Crippen LogP contribution in [0.3, 0.4) is 0 Å². The Morgan fingerprint density at radius 3 is 0.656 bits per heavy atom. The molecule has 0 fully saturated rings. The van der Waals surface area contributed by atoms with Crippen molar-refractivity contribution in [1.82, 2.24) is 19.9 Å². The second-order valence-electron chi connectivity index (χ2n) is 22.7. The van der Waals surface area contributed by atoms with Gasteiger partial charge >= 0.3 is 0 Å². The molecule has 2 aliphatic rings. The average Bonchev–Trinajstić information content (AvgIpc) is 1.58. The molecule has 8 bridgehead atoms. The fraction of sp³-hybridized carbons (Fsp3) is 0. The van der Waals surface area contributed by atoms with E-state index in [1.165, 1.54) is 0 Å². The van der Waals surface area contributed by atoms with Crippen LogP contribution in [-0.4, -0.2) is 19.9 Å². The molecule has 2 N–H and O–H groups in total. The number of allylic oxidation sites excluding steroid dienone is 2. The summed E-state index contributed by atoms with van der Waals surface area (Å²) in [5, 5.41) is 0. The number of aromatic nitrogens is 4. The maximum absolute atomic E-state index is 6.16. The van der Waals surface area contributed by atoms with E-state index in [1.54, 1.807) is 0 Å². The van der Waals surface area contributed by atoms with Gasteiger partial charge in [0.1, 0.15) is 0 Å². The molecule has 10 aromatic carbocycles. The van der Waals surface area contributed by atoms with E-state index in [2.05, 4.69) is 190 Å². The van der Waals surface area contributed by atoms with Gasteiger partial charge in [0.05, 0.1) is 78.2 Å². The minimum atomic E-state index is 0.565. The van der Waals surface area contributed by atoms with Gasteiger partial charge in [-0.3, -0.25) is 0 Å². The lowest BCUT2D eigenvalue weighted by Crippen LogP contribution is -1.92. The van der Waals surface area contributed by atoms with Crippen molar-refractivity contribution in [2.75, 3.05) is 0 Å². The number of rotatable bonds is 4. The molecule has 13 aromatic rings. The van der Waals surface area contributed by atoms with Crippen LogP contribution in [0, 0.1) is 71.0 Å². The summed E-state index contributed by atoms with van der Waals surface area (Å²) in [5.41, 5.74) is 20.7. The number of H-pyrrole nitrogens is 2. The van der Waals surface area contributed by atoms with E-state index in [0.717, 1.165) is 77.9 Å². The van der Waals surface area contributed by atoms with Gasteiger partial charge in [0.15, 0.2) is 0 Å². The van der Waals surface area contributed by atoms with E-state index in [-0.39, 0.29) is 0 Å². The van der Waals surface area contributed by atoms with Crippen LogP contribution in [0.4, 0.5) is 0 Å². The van der Waals surface area contributed by atoms with Crippen molar-refractivity contribution in [2.24, 2.45) is 0 Å². The van der Waals surface area contributed by atoms with E-state index in [0.29, 0.717) is 78.2 Å². The fourth-order valence-corrected chi connectivity index (χ4v) is 12.0. The van der Waals surface area contributed by atoms with Crippen LogP contribution in [0.25, 0.3) is 89.9 Å². The predicted molar refractivity (Wildman–Crippen MR) is 395 cm³/mol. The lowest BCUT2D eigenvalue weighted by molar-refractivity contribution is 1.30. The number of nitrogens with one attached hydrogen (secondary N) is 2. The lowest BCUT2D eigenvalue weighted by Gasteiger charge is -2.07. The third kappa shape index (κ3) is 12.4. The number of benzene rings is 10. The molecule has 0 unspecified atom stereocenters. The minimum Gasteiger partial charge on any atom is -0.352 e. The molecule has 4 nitrogen and oxygen atoms in total. The zero-order valence-corrected chi connectivity index (χ0v) is 51.9. The molecule has 0 spiro atoms. The van der Waals surface area contributed by atoms with Crippen LogP contribution in [0.5, 0.6) is 0 Å². The van der Waals surface area contributed by atoms with Crippen molar-refractivity contribution in [3.63, 3.8) is 0 Å². The molecule has 0 saturated carbocycles. The van der Waals surface area contributed by atoms with Gasteiger partial charge in [0.2, 0.25) is 0 Å². The first-order valence-corrected chi connectivity index (χ1v) is 31.7. The topological polar surface area (TPSA) is 57.4 Å². The Morgan fingerprint density at radius 2 is 0.406 bits per heavy atom. The predicted octanol–water partition coefficient (Wildman–Crippen LogP) is 19.8. The summed E-state index contributed by atoms with van der Waals surface area (Å²) in [6.07, 6.45) is 4.22. The van der Waals surface area contributed by atoms with Gasteiger partial charge in [-0.2, -0.15) is 0 Å². The van der Waals surface area contributed by atoms with Crippen molar-refractivity contribution < 1.29 is 0 Å². The van der Waals surface area contributed by atoms with Crippen molar-refractivity contribution in [2.45, 2.75) is 0 Å². The van der Waals surface area contributed by atoms with Gasteiger partial charge in [0, 0.05) is 55.6 Å². The highest BCUT2D eigenvalue weighted by atomic mass is 14.8. The van der Waals surface area contributed by atoms with Gasteiger partial charge in [-0.15, -0.1) is 0 Å². The number of aromatic amines is 2. The summed E-state index contributed by atoms with van der Waals surface area (Å²) >= 11 is 0. The number of nitrogens with zero attached hydrogens (tertiary/aromatic N) is 2. The van der Waals surface area contributed by atoms with Crippen molar-refractivity contribution in [3.05, 3.63) is 382 Å². The second-order valence-corrected chi connectivity index (χ2v) is 22.7. The quantitative estimate of drug-likeness (QED) is 0.173. The zero-order chi connectivity index (χ0) is 64.2. The van der Waals surface area contributed by atoms with Crippen LogP contribution in [-0.2, 0) is 0 Å². The molecule has 5 heterocycles. The Labute approximate surface area is 559 Å². The lowest BCUT2D eigenvalue weighted by atomic mass is 9.93. The third-order valence-electron chi connectivity index (χ3n) is 16.5. The molecule has 15 rings (SSSR count). The number of fused-ring (bicyclic) bond motifs is 8. The molecule has 0 amide bonds. The molecule has 4 heteroatoms. The average molecular weight is 1220 g/mol. The number of hydrogen-bond donors (Lipinski definition) is 2. The Hall–Kier alpha value is -13.8. The van der Waals surface area contributed by atoms with E-state index in [4.69, 9.17) is 9.97 Å².